The number of nitrogens with one attached hydrogen (secondary N) is 1. The second-order valence-corrected chi connectivity index (χ2v) is 5.86. The highest BCUT2D eigenvalue weighted by molar-refractivity contribution is 5.95. The van der Waals surface area contributed by atoms with Crippen molar-refractivity contribution in [3.63, 3.8) is 0 Å². The summed E-state index contributed by atoms with van der Waals surface area (Å²) in [5.74, 6) is 0.887. The molecule has 0 unspecified atom stereocenters. The van der Waals surface area contributed by atoms with Crippen LogP contribution in [-0.2, 0) is 0 Å². The lowest BCUT2D eigenvalue weighted by atomic mass is 10.0. The van der Waals surface area contributed by atoms with E-state index in [0.717, 1.165) is 17.9 Å². The lowest BCUT2D eigenvalue weighted by Gasteiger charge is -2.38. The van der Waals surface area contributed by atoms with Gasteiger partial charge in [0.2, 0.25) is 0 Å². The fourth-order valence-corrected chi connectivity index (χ4v) is 2.96. The molecule has 1 aliphatic rings. The largest absolute Gasteiger partial charge is 0.347 e. The van der Waals surface area contributed by atoms with E-state index in [0.29, 0.717) is 24.2 Å². The van der Waals surface area contributed by atoms with Gasteiger partial charge in [-0.3, -0.25) is 9.69 Å². The Hall–Kier alpha value is -2.65. The molecule has 1 aromatic heterocycles. The third kappa shape index (κ3) is 2.96. The Bertz CT molecular complexity index is 747. The minimum Gasteiger partial charge on any atom is -0.347 e. The van der Waals surface area contributed by atoms with Crippen molar-refractivity contribution < 1.29 is 4.79 Å². The van der Waals surface area contributed by atoms with Crippen LogP contribution in [0.25, 0.3) is 0 Å². The zero-order valence-corrected chi connectivity index (χ0v) is 13.3. The Labute approximate surface area is 135 Å². The Balaban J connectivity index is 1.81. The topological polar surface area (TPSA) is 76.0 Å². The van der Waals surface area contributed by atoms with Crippen LogP contribution >= 0.6 is 0 Å². The summed E-state index contributed by atoms with van der Waals surface area (Å²) in [6.07, 6.45) is 3.53. The summed E-state index contributed by atoms with van der Waals surface area (Å²) in [4.78, 5) is 24.4. The first kappa shape index (κ1) is 15.3. The van der Waals surface area contributed by atoms with E-state index in [2.05, 4.69) is 20.9 Å². The number of H-pyrrole nitrogens is 1. The molecule has 6 nitrogen and oxygen atoms in total. The van der Waals surface area contributed by atoms with Crippen molar-refractivity contribution in [2.24, 2.45) is 0 Å². The summed E-state index contributed by atoms with van der Waals surface area (Å²) in [6.45, 7) is 3.95. The van der Waals surface area contributed by atoms with E-state index < -0.39 is 0 Å². The van der Waals surface area contributed by atoms with Gasteiger partial charge >= 0.3 is 0 Å². The van der Waals surface area contributed by atoms with Crippen molar-refractivity contribution in [3.05, 3.63) is 53.1 Å². The molecule has 0 radical (unpaired) electrons. The SMILES string of the molecule is Cc1cc(C#N)ccc1C(=O)N1CCN(C)[C@H](c2ncc[nH]2)C1. The minimum absolute atomic E-state index is 0.0108. The number of amides is 1. The van der Waals surface area contributed by atoms with Crippen LogP contribution in [0, 0.1) is 18.3 Å². The van der Waals surface area contributed by atoms with E-state index in [1.807, 2.05) is 18.9 Å². The average Bonchev–Trinajstić information content (AvgIpc) is 3.08. The number of aromatic nitrogens is 2. The van der Waals surface area contributed by atoms with Gasteiger partial charge in [0.05, 0.1) is 17.7 Å². The third-order valence-corrected chi connectivity index (χ3v) is 4.36. The monoisotopic (exact) mass is 309 g/mol. The lowest BCUT2D eigenvalue weighted by Crippen LogP contribution is -2.49. The van der Waals surface area contributed by atoms with Gasteiger partial charge in [0.1, 0.15) is 5.82 Å². The molecule has 1 aromatic carbocycles. The van der Waals surface area contributed by atoms with Gasteiger partial charge in [-0.1, -0.05) is 0 Å². The summed E-state index contributed by atoms with van der Waals surface area (Å²) >= 11 is 0. The molecule has 1 saturated heterocycles. The predicted molar refractivity (Wildman–Crippen MR) is 85.8 cm³/mol. The molecule has 2 heterocycles. The Kier molecular flexibility index (Phi) is 4.13. The number of imidazole rings is 1. The van der Waals surface area contributed by atoms with E-state index in [1.165, 1.54) is 0 Å². The van der Waals surface area contributed by atoms with Crippen LogP contribution in [0.2, 0.25) is 0 Å². The number of hydrogen-bond donors (Lipinski definition) is 1. The number of benzene rings is 1. The first-order chi connectivity index (χ1) is 11.1. The van der Waals surface area contributed by atoms with Crippen LogP contribution < -0.4 is 0 Å². The standard InChI is InChI=1S/C17H19N5O/c1-12-9-13(10-18)3-4-14(12)17(23)22-8-7-21(2)15(11-22)16-19-5-6-20-16/h3-6,9,15H,7-8,11H2,1-2H3,(H,19,20)/t15-/m0/s1. The van der Waals surface area contributed by atoms with Gasteiger partial charge in [0.15, 0.2) is 0 Å². The van der Waals surface area contributed by atoms with Crippen LogP contribution in [-0.4, -0.2) is 52.4 Å². The summed E-state index contributed by atoms with van der Waals surface area (Å²) in [6, 6.07) is 7.37. The highest BCUT2D eigenvalue weighted by Gasteiger charge is 2.30. The number of hydrogen-bond acceptors (Lipinski definition) is 4. The van der Waals surface area contributed by atoms with Gasteiger partial charge < -0.3 is 9.88 Å². The molecule has 0 aliphatic carbocycles. The number of rotatable bonds is 2. The molecule has 1 aliphatic heterocycles. The fourth-order valence-electron chi connectivity index (χ4n) is 2.96. The molecular weight excluding hydrogens is 290 g/mol. The predicted octanol–water partition coefficient (Wildman–Crippen LogP) is 1.72. The molecule has 1 amide bonds. The Morgan fingerprint density at radius 3 is 2.91 bits per heavy atom. The number of carbonyl (C=O) groups excluding carboxylic acids is 1. The summed E-state index contributed by atoms with van der Waals surface area (Å²) < 4.78 is 0. The number of piperazine rings is 1. The van der Waals surface area contributed by atoms with Crippen molar-refractivity contribution in [2.45, 2.75) is 13.0 Å². The van der Waals surface area contributed by atoms with E-state index >= 15 is 0 Å². The number of nitriles is 1. The van der Waals surface area contributed by atoms with Gasteiger partial charge in [0, 0.05) is 37.6 Å². The van der Waals surface area contributed by atoms with Gasteiger partial charge in [-0.2, -0.15) is 5.26 Å². The van der Waals surface area contributed by atoms with Crippen LogP contribution in [0.5, 0.6) is 0 Å². The first-order valence-corrected chi connectivity index (χ1v) is 7.59. The van der Waals surface area contributed by atoms with Crippen molar-refractivity contribution >= 4 is 5.91 Å². The molecule has 0 spiro atoms. The Morgan fingerprint density at radius 1 is 1.43 bits per heavy atom. The van der Waals surface area contributed by atoms with Crippen molar-refractivity contribution in [1.29, 1.82) is 5.26 Å². The molecule has 2 aromatic rings. The molecule has 23 heavy (non-hydrogen) atoms. The molecule has 118 valence electrons. The van der Waals surface area contributed by atoms with Crippen LogP contribution in [0.4, 0.5) is 0 Å². The van der Waals surface area contributed by atoms with E-state index in [4.69, 9.17) is 5.26 Å². The van der Waals surface area contributed by atoms with Gasteiger partial charge in [0.25, 0.3) is 5.91 Å². The second-order valence-electron chi connectivity index (χ2n) is 5.86. The van der Waals surface area contributed by atoms with Crippen molar-refractivity contribution in [2.75, 3.05) is 26.7 Å². The summed E-state index contributed by atoms with van der Waals surface area (Å²) in [7, 11) is 2.04. The third-order valence-electron chi connectivity index (χ3n) is 4.36. The second kappa shape index (κ2) is 6.23. The molecular formula is C17H19N5O. The van der Waals surface area contributed by atoms with Crippen LogP contribution in [0.15, 0.2) is 30.6 Å². The van der Waals surface area contributed by atoms with Gasteiger partial charge in [-0.25, -0.2) is 4.98 Å². The number of aryl methyl sites for hydroxylation is 1. The Morgan fingerprint density at radius 2 is 2.26 bits per heavy atom. The van der Waals surface area contributed by atoms with Gasteiger partial charge in [-0.05, 0) is 37.7 Å². The molecule has 3 rings (SSSR count). The van der Waals surface area contributed by atoms with Crippen molar-refractivity contribution in [1.82, 2.24) is 19.8 Å². The summed E-state index contributed by atoms with van der Waals surface area (Å²) in [5, 5.41) is 8.95. The summed E-state index contributed by atoms with van der Waals surface area (Å²) in [5.41, 5.74) is 2.07. The van der Waals surface area contributed by atoms with Gasteiger partial charge in [-0.15, -0.1) is 0 Å². The van der Waals surface area contributed by atoms with E-state index in [-0.39, 0.29) is 11.9 Å². The quantitative estimate of drug-likeness (QED) is 0.916. The average molecular weight is 309 g/mol. The number of nitrogens with zero attached hydrogens (tertiary/aromatic N) is 4. The van der Waals surface area contributed by atoms with Crippen LogP contribution in [0.3, 0.4) is 0 Å². The van der Waals surface area contributed by atoms with E-state index in [1.54, 1.807) is 30.6 Å². The highest BCUT2D eigenvalue weighted by atomic mass is 16.2. The normalized spacial score (nSPS) is 18.7. The molecule has 1 atom stereocenters. The maximum absolute atomic E-state index is 12.8. The molecule has 0 saturated carbocycles. The van der Waals surface area contributed by atoms with Crippen molar-refractivity contribution in [3.8, 4) is 6.07 Å². The number of aromatic amines is 1. The first-order valence-electron chi connectivity index (χ1n) is 7.59. The number of carbonyl (C=O) groups is 1. The zero-order valence-electron chi connectivity index (χ0n) is 13.3. The van der Waals surface area contributed by atoms with E-state index in [9.17, 15) is 4.79 Å². The maximum Gasteiger partial charge on any atom is 0.254 e. The minimum atomic E-state index is 0.0108. The number of likely N-dealkylation sites (N-methyl/N-ethyl adjacent to an activating group) is 1. The smallest absolute Gasteiger partial charge is 0.254 e. The highest BCUT2D eigenvalue weighted by Crippen LogP contribution is 2.23. The maximum atomic E-state index is 12.8. The fraction of sp³-hybridized carbons (Fsp3) is 0.353. The lowest BCUT2D eigenvalue weighted by molar-refractivity contribution is 0.0534. The molecule has 6 heteroatoms. The zero-order chi connectivity index (χ0) is 16.4. The molecule has 0 bridgehead atoms. The molecule has 1 fully saturated rings. The molecule has 1 N–H and O–H groups in total. The van der Waals surface area contributed by atoms with Crippen LogP contribution in [0.1, 0.15) is 33.4 Å².